The Kier molecular flexibility index (Phi) is 15.8. The van der Waals surface area contributed by atoms with E-state index in [1.54, 1.807) is 19.1 Å². The summed E-state index contributed by atoms with van der Waals surface area (Å²) in [6.07, 6.45) is 2.71. The summed E-state index contributed by atoms with van der Waals surface area (Å²) in [7, 11) is -0.245. The molecule has 0 aliphatic carbocycles. The average molecular weight is 600 g/mol. The van der Waals surface area contributed by atoms with Gasteiger partial charge < -0.3 is 25.4 Å². The van der Waals surface area contributed by atoms with E-state index >= 15 is 0 Å². The van der Waals surface area contributed by atoms with E-state index in [1.165, 1.54) is 4.90 Å². The molecule has 0 saturated heterocycles. The largest absolute Gasteiger partial charge is 0.449 e. The van der Waals surface area contributed by atoms with Crippen LogP contribution in [0.4, 0.5) is 10.5 Å². The van der Waals surface area contributed by atoms with Gasteiger partial charge in [0, 0.05) is 31.2 Å². The zero-order chi connectivity index (χ0) is 30.8. The van der Waals surface area contributed by atoms with Gasteiger partial charge in [0.25, 0.3) is 0 Å². The lowest BCUT2D eigenvalue weighted by Crippen LogP contribution is -2.59. The predicted molar refractivity (Wildman–Crippen MR) is 165 cm³/mol. The third-order valence-corrected chi connectivity index (χ3v) is 7.41. The Morgan fingerprint density at radius 1 is 0.976 bits per heavy atom. The number of ether oxygens (including phenoxy) is 1. The van der Waals surface area contributed by atoms with E-state index in [2.05, 4.69) is 10.6 Å². The zero-order valence-corrected chi connectivity index (χ0v) is 26.0. The van der Waals surface area contributed by atoms with Gasteiger partial charge in [0.05, 0.1) is 6.61 Å². The first-order chi connectivity index (χ1) is 20.2. The number of carbonyl (C=O) groups is 3. The van der Waals surface area contributed by atoms with Gasteiger partial charge in [-0.05, 0) is 62.1 Å². The van der Waals surface area contributed by atoms with Crippen molar-refractivity contribution >= 4 is 32.1 Å². The van der Waals surface area contributed by atoms with Crippen LogP contribution in [0.25, 0.3) is 0 Å². The molecule has 2 rings (SSSR count). The Hall–Kier alpha value is -3.29. The van der Waals surface area contributed by atoms with Crippen LogP contribution in [0.5, 0.6) is 0 Å². The second-order valence-corrected chi connectivity index (χ2v) is 11.7. The number of benzene rings is 2. The van der Waals surface area contributed by atoms with E-state index in [1.807, 2.05) is 62.4 Å². The number of nitrogens with zero attached hydrogens (tertiary/aromatic N) is 1. The van der Waals surface area contributed by atoms with Crippen LogP contribution in [0.2, 0.25) is 0 Å². The number of anilines is 1. The molecule has 0 fully saturated rings. The quantitative estimate of drug-likeness (QED) is 0.134. The highest BCUT2D eigenvalue weighted by molar-refractivity contribution is 7.23. The lowest BCUT2D eigenvalue weighted by molar-refractivity contribution is -0.146. The topological polar surface area (TPSA) is 125 Å². The minimum absolute atomic E-state index is 0.0658. The Morgan fingerprint density at radius 2 is 1.64 bits per heavy atom. The van der Waals surface area contributed by atoms with Gasteiger partial charge in [-0.15, -0.1) is 0 Å². The van der Waals surface area contributed by atoms with Gasteiger partial charge in [0.1, 0.15) is 11.8 Å². The highest BCUT2D eigenvalue weighted by Crippen LogP contribution is 2.34. The minimum Gasteiger partial charge on any atom is -0.449 e. The molecule has 3 amide bonds. The average Bonchev–Trinajstić information content (AvgIpc) is 2.98. The molecule has 0 spiro atoms. The molecular formula is C32H46N3O6P. The van der Waals surface area contributed by atoms with Crippen LogP contribution in [-0.2, 0) is 25.3 Å². The van der Waals surface area contributed by atoms with Gasteiger partial charge in [0.15, 0.2) is 8.46 Å². The van der Waals surface area contributed by atoms with E-state index < -0.39 is 11.6 Å². The van der Waals surface area contributed by atoms with E-state index in [9.17, 15) is 18.9 Å². The van der Waals surface area contributed by atoms with Crippen LogP contribution in [0, 0.1) is 11.8 Å². The van der Waals surface area contributed by atoms with Crippen LogP contribution in [0.15, 0.2) is 60.7 Å². The summed E-state index contributed by atoms with van der Waals surface area (Å²) in [5, 5.41) is 14.8. The second kappa shape index (κ2) is 19.0. The Labute approximate surface area is 251 Å². The number of aliphatic hydroxyl groups is 1. The molecule has 42 heavy (non-hydrogen) atoms. The summed E-state index contributed by atoms with van der Waals surface area (Å²) in [5.74, 6) is -0.603. The smallest absolute Gasteiger partial charge is 0.407 e. The van der Waals surface area contributed by atoms with Crippen LogP contribution >= 0.6 is 8.46 Å². The molecule has 0 radical (unpaired) electrons. The number of rotatable bonds is 19. The third kappa shape index (κ3) is 11.9. The summed E-state index contributed by atoms with van der Waals surface area (Å²) in [6.45, 7) is 6.16. The maximum atomic E-state index is 14.1. The molecular weight excluding hydrogens is 553 g/mol. The van der Waals surface area contributed by atoms with Crippen LogP contribution in [-0.4, -0.2) is 59.5 Å². The summed E-state index contributed by atoms with van der Waals surface area (Å²) < 4.78 is 17.1. The molecule has 0 heterocycles. The molecule has 2 aromatic rings. The lowest BCUT2D eigenvalue weighted by Gasteiger charge is -2.43. The van der Waals surface area contributed by atoms with Crippen molar-refractivity contribution in [3.63, 3.8) is 0 Å². The molecule has 0 aromatic heterocycles. The van der Waals surface area contributed by atoms with Crippen molar-refractivity contribution in [2.24, 2.45) is 11.8 Å². The number of para-hydroxylation sites is 1. The first-order valence-electron chi connectivity index (χ1n) is 14.7. The highest BCUT2D eigenvalue weighted by Gasteiger charge is 2.46. The zero-order valence-electron chi connectivity index (χ0n) is 25.1. The van der Waals surface area contributed by atoms with Crippen LogP contribution in [0.3, 0.4) is 0 Å². The summed E-state index contributed by atoms with van der Waals surface area (Å²) in [4.78, 5) is 41.4. The number of unbranched alkanes of at least 4 members (excludes halogenated alkanes) is 1. The molecule has 9 nitrogen and oxygen atoms in total. The van der Waals surface area contributed by atoms with Crippen molar-refractivity contribution in [1.82, 2.24) is 10.2 Å². The van der Waals surface area contributed by atoms with Gasteiger partial charge in [0.2, 0.25) is 11.8 Å². The number of hydrogen-bond acceptors (Lipinski definition) is 6. The first-order valence-corrected chi connectivity index (χ1v) is 15.7. The number of carbonyl (C=O) groups excluding carboxylic acids is 3. The number of aryl methyl sites for hydroxylation is 1. The minimum atomic E-state index is -1.23. The van der Waals surface area contributed by atoms with E-state index in [4.69, 9.17) is 9.84 Å². The number of alkyl carbamates (subject to hydrolysis) is 1. The number of amides is 3. The fourth-order valence-electron chi connectivity index (χ4n) is 4.91. The molecule has 0 saturated carbocycles. The lowest BCUT2D eigenvalue weighted by atomic mass is 9.81. The second-order valence-electron chi connectivity index (χ2n) is 11.2. The fraction of sp³-hybridized carbons (Fsp3) is 0.531. The molecule has 3 N–H and O–H groups in total. The number of aliphatic hydroxyl groups excluding tert-OH is 1. The molecule has 10 heteroatoms. The number of hydrogen-bond donors (Lipinski definition) is 3. The van der Waals surface area contributed by atoms with Crippen molar-refractivity contribution in [3.05, 3.63) is 66.2 Å². The maximum absolute atomic E-state index is 14.1. The fourth-order valence-corrected chi connectivity index (χ4v) is 5.45. The molecule has 2 aromatic carbocycles. The molecule has 1 unspecified atom stereocenters. The van der Waals surface area contributed by atoms with Crippen molar-refractivity contribution in [3.8, 4) is 0 Å². The van der Waals surface area contributed by atoms with E-state index in [0.29, 0.717) is 44.3 Å². The molecule has 230 valence electrons. The molecule has 2 atom stereocenters. The monoisotopic (exact) mass is 599 g/mol. The van der Waals surface area contributed by atoms with Crippen molar-refractivity contribution < 1.29 is 28.8 Å². The van der Waals surface area contributed by atoms with Gasteiger partial charge in [-0.1, -0.05) is 69.3 Å². The molecule has 0 aliphatic rings. The van der Waals surface area contributed by atoms with Gasteiger partial charge in [-0.3, -0.25) is 14.2 Å². The van der Waals surface area contributed by atoms with Crippen molar-refractivity contribution in [2.45, 2.75) is 71.3 Å². The van der Waals surface area contributed by atoms with Crippen LogP contribution in [0.1, 0.15) is 64.9 Å². The highest BCUT2D eigenvalue weighted by atomic mass is 31.1. The Balaban J connectivity index is 2.22. The Morgan fingerprint density at radius 3 is 2.26 bits per heavy atom. The molecule has 0 bridgehead atoms. The van der Waals surface area contributed by atoms with Gasteiger partial charge >= 0.3 is 6.09 Å². The van der Waals surface area contributed by atoms with Crippen LogP contribution < -0.4 is 10.6 Å². The summed E-state index contributed by atoms with van der Waals surface area (Å²) in [6, 6.07) is 19.0. The normalized spacial score (nSPS) is 13.3. The van der Waals surface area contributed by atoms with Crippen molar-refractivity contribution in [2.75, 3.05) is 31.4 Å². The third-order valence-electron chi connectivity index (χ3n) is 7.01. The summed E-state index contributed by atoms with van der Waals surface area (Å²) >= 11 is 0. The van der Waals surface area contributed by atoms with E-state index in [0.717, 1.165) is 12.0 Å². The Bertz CT molecular complexity index is 1100. The van der Waals surface area contributed by atoms with Crippen molar-refractivity contribution in [1.29, 1.82) is 0 Å². The van der Waals surface area contributed by atoms with E-state index in [-0.39, 0.29) is 58.0 Å². The first kappa shape index (κ1) is 34.9. The maximum Gasteiger partial charge on any atom is 0.407 e. The SMILES string of the molecule is CC(C)C[C@@](CCCCNC(=O)OCC(C)CO)(C(=O)Nc1ccccc1)N(CP=O)C(=O)CCCc1ccccc1. The number of nitrogens with one attached hydrogen (secondary N) is 2. The molecule has 0 aliphatic heterocycles. The standard InChI is InChI=1S/C32H46N3O6P/c1-25(2)21-32(30(38)34-28-16-8-5-9-17-28,19-10-11-20-33-31(39)41-23-26(3)22-36)35(24-42-40)29(37)18-12-15-27-13-6-4-7-14-27/h4-9,13-14,16-17,25-26,36H,10-12,15,18-24H2,1-3H3,(H,33,39)(H,34,38)/t26?,32-/m0/s1. The van der Waals surface area contributed by atoms with Gasteiger partial charge in [-0.2, -0.15) is 0 Å². The van der Waals surface area contributed by atoms with Gasteiger partial charge in [-0.25, -0.2) is 4.79 Å². The summed E-state index contributed by atoms with van der Waals surface area (Å²) in [5.41, 5.74) is 0.515. The predicted octanol–water partition coefficient (Wildman–Crippen LogP) is 6.04.